The van der Waals surface area contributed by atoms with Crippen LogP contribution in [0.4, 0.5) is 5.69 Å². The summed E-state index contributed by atoms with van der Waals surface area (Å²) in [6, 6.07) is 5.63. The number of fused-ring (bicyclic) bond motifs is 1. The van der Waals surface area contributed by atoms with Crippen molar-refractivity contribution < 1.29 is 0 Å². The van der Waals surface area contributed by atoms with Crippen LogP contribution in [0.2, 0.25) is 0 Å². The summed E-state index contributed by atoms with van der Waals surface area (Å²) in [5.41, 5.74) is 9.22. The topological polar surface area (TPSA) is 69.1 Å². The Morgan fingerprint density at radius 2 is 2.00 bits per heavy atom. The van der Waals surface area contributed by atoms with Crippen LogP contribution in [-0.4, -0.2) is 19.6 Å². The highest BCUT2D eigenvalue weighted by Crippen LogP contribution is 2.19. The van der Waals surface area contributed by atoms with Crippen LogP contribution in [0.5, 0.6) is 0 Å². The van der Waals surface area contributed by atoms with Gasteiger partial charge >= 0.3 is 0 Å². The fraction of sp³-hybridized carbons (Fsp3) is 0.0833. The number of pyridine rings is 2. The van der Waals surface area contributed by atoms with Crippen LogP contribution in [0, 0.1) is 6.92 Å². The summed E-state index contributed by atoms with van der Waals surface area (Å²) < 4.78 is 1.71. The third-order valence-corrected chi connectivity index (χ3v) is 2.54. The molecule has 3 heterocycles. The number of nitrogen functional groups attached to an aromatic ring is 1. The van der Waals surface area contributed by atoms with Crippen molar-refractivity contribution in [3.63, 3.8) is 0 Å². The number of nitrogens with zero attached hydrogens (tertiary/aromatic N) is 4. The Morgan fingerprint density at radius 3 is 2.76 bits per heavy atom. The Kier molecular flexibility index (Phi) is 2.04. The molecule has 3 aromatic heterocycles. The molecule has 5 nitrogen and oxygen atoms in total. The van der Waals surface area contributed by atoms with E-state index in [1.165, 1.54) is 0 Å². The van der Waals surface area contributed by atoms with Gasteiger partial charge in [-0.2, -0.15) is 0 Å². The van der Waals surface area contributed by atoms with Gasteiger partial charge in [0.25, 0.3) is 0 Å². The Morgan fingerprint density at radius 1 is 1.24 bits per heavy atom. The summed E-state index contributed by atoms with van der Waals surface area (Å²) in [4.78, 5) is 8.39. The minimum absolute atomic E-state index is 0.637. The molecule has 0 unspecified atom stereocenters. The Hall–Kier alpha value is -2.43. The van der Waals surface area contributed by atoms with Crippen molar-refractivity contribution in [2.75, 3.05) is 5.73 Å². The molecule has 0 bridgehead atoms. The first-order chi connectivity index (χ1) is 8.24. The van der Waals surface area contributed by atoms with Crippen LogP contribution in [0.1, 0.15) is 5.56 Å². The molecule has 84 valence electrons. The first-order valence-corrected chi connectivity index (χ1v) is 5.27. The van der Waals surface area contributed by atoms with Crippen molar-refractivity contribution in [2.24, 2.45) is 0 Å². The van der Waals surface area contributed by atoms with E-state index < -0.39 is 0 Å². The average Bonchev–Trinajstić information content (AvgIpc) is 2.74. The SMILES string of the molecule is Cc1cc(N)c2nc(-c3ccncc3)nn2c1. The Labute approximate surface area is 97.9 Å². The molecule has 3 rings (SSSR count). The molecular weight excluding hydrogens is 214 g/mol. The highest BCUT2D eigenvalue weighted by molar-refractivity contribution is 5.68. The van der Waals surface area contributed by atoms with Gasteiger partial charge in [0.1, 0.15) is 0 Å². The first kappa shape index (κ1) is 9.77. The monoisotopic (exact) mass is 225 g/mol. The van der Waals surface area contributed by atoms with E-state index in [9.17, 15) is 0 Å². The van der Waals surface area contributed by atoms with E-state index in [1.807, 2.05) is 31.3 Å². The molecule has 17 heavy (non-hydrogen) atoms. The zero-order valence-electron chi connectivity index (χ0n) is 9.33. The molecule has 0 spiro atoms. The summed E-state index contributed by atoms with van der Waals surface area (Å²) in [6.45, 7) is 1.98. The maximum absolute atomic E-state index is 5.91. The summed E-state index contributed by atoms with van der Waals surface area (Å²) in [6.07, 6.45) is 5.34. The van der Waals surface area contributed by atoms with Crippen LogP contribution < -0.4 is 5.73 Å². The van der Waals surface area contributed by atoms with Crippen LogP contribution in [-0.2, 0) is 0 Å². The van der Waals surface area contributed by atoms with Crippen molar-refractivity contribution in [3.05, 3.63) is 42.4 Å². The van der Waals surface area contributed by atoms with Crippen LogP contribution in [0.25, 0.3) is 17.0 Å². The lowest BCUT2D eigenvalue weighted by Gasteiger charge is -1.97. The third-order valence-electron chi connectivity index (χ3n) is 2.54. The van der Waals surface area contributed by atoms with Gasteiger partial charge in [0.05, 0.1) is 5.69 Å². The van der Waals surface area contributed by atoms with Gasteiger partial charge in [-0.05, 0) is 30.7 Å². The zero-order chi connectivity index (χ0) is 11.8. The van der Waals surface area contributed by atoms with Crippen molar-refractivity contribution in [1.29, 1.82) is 0 Å². The first-order valence-electron chi connectivity index (χ1n) is 5.27. The highest BCUT2D eigenvalue weighted by atomic mass is 15.3. The van der Waals surface area contributed by atoms with E-state index in [0.717, 1.165) is 11.1 Å². The number of aromatic nitrogens is 4. The van der Waals surface area contributed by atoms with E-state index in [0.29, 0.717) is 17.2 Å². The Balaban J connectivity index is 2.24. The number of anilines is 1. The zero-order valence-corrected chi connectivity index (χ0v) is 9.33. The van der Waals surface area contributed by atoms with Gasteiger partial charge in [-0.1, -0.05) is 0 Å². The Bertz CT molecular complexity index is 672. The lowest BCUT2D eigenvalue weighted by atomic mass is 10.2. The number of hydrogen-bond acceptors (Lipinski definition) is 4. The van der Waals surface area contributed by atoms with Crippen molar-refractivity contribution in [1.82, 2.24) is 19.6 Å². The normalized spacial score (nSPS) is 10.9. The maximum atomic E-state index is 5.91. The fourth-order valence-electron chi connectivity index (χ4n) is 1.77. The second kappa shape index (κ2) is 3.55. The van der Waals surface area contributed by atoms with Crippen molar-refractivity contribution >= 4 is 11.3 Å². The van der Waals surface area contributed by atoms with Gasteiger partial charge in [-0.15, -0.1) is 5.10 Å². The van der Waals surface area contributed by atoms with Crippen LogP contribution in [0.3, 0.4) is 0 Å². The minimum atomic E-state index is 0.637. The predicted molar refractivity (Wildman–Crippen MR) is 65.4 cm³/mol. The molecule has 2 N–H and O–H groups in total. The molecule has 0 saturated heterocycles. The van der Waals surface area contributed by atoms with E-state index in [1.54, 1.807) is 16.9 Å². The van der Waals surface area contributed by atoms with Crippen LogP contribution in [0.15, 0.2) is 36.8 Å². The maximum Gasteiger partial charge on any atom is 0.182 e. The average molecular weight is 225 g/mol. The molecule has 0 aliphatic rings. The summed E-state index contributed by atoms with van der Waals surface area (Å²) in [7, 11) is 0. The number of aryl methyl sites for hydroxylation is 1. The van der Waals surface area contributed by atoms with E-state index in [-0.39, 0.29) is 0 Å². The van der Waals surface area contributed by atoms with E-state index in [4.69, 9.17) is 5.73 Å². The molecule has 0 aliphatic carbocycles. The molecule has 0 fully saturated rings. The molecule has 0 amide bonds. The molecule has 3 aromatic rings. The van der Waals surface area contributed by atoms with E-state index >= 15 is 0 Å². The number of nitrogens with two attached hydrogens (primary N) is 1. The number of rotatable bonds is 1. The minimum Gasteiger partial charge on any atom is -0.396 e. The van der Waals surface area contributed by atoms with Gasteiger partial charge < -0.3 is 5.73 Å². The summed E-state index contributed by atoms with van der Waals surface area (Å²) in [5.74, 6) is 0.657. The molecule has 0 saturated carbocycles. The molecule has 0 atom stereocenters. The second-order valence-electron chi connectivity index (χ2n) is 3.91. The van der Waals surface area contributed by atoms with Gasteiger partial charge in [0, 0.05) is 24.2 Å². The van der Waals surface area contributed by atoms with Gasteiger partial charge in [-0.25, -0.2) is 9.50 Å². The standard InChI is InChI=1S/C12H11N5/c1-8-6-10(13)12-15-11(16-17(12)7-8)9-2-4-14-5-3-9/h2-7H,13H2,1H3. The number of hydrogen-bond donors (Lipinski definition) is 1. The molecule has 0 aromatic carbocycles. The smallest absolute Gasteiger partial charge is 0.182 e. The summed E-state index contributed by atoms with van der Waals surface area (Å²) >= 11 is 0. The molecule has 0 radical (unpaired) electrons. The fourth-order valence-corrected chi connectivity index (χ4v) is 1.77. The lowest BCUT2D eigenvalue weighted by Crippen LogP contribution is -1.94. The van der Waals surface area contributed by atoms with Crippen LogP contribution >= 0.6 is 0 Å². The van der Waals surface area contributed by atoms with Gasteiger partial charge in [-0.3, -0.25) is 4.98 Å². The lowest BCUT2D eigenvalue weighted by molar-refractivity contribution is 0.957. The van der Waals surface area contributed by atoms with Crippen molar-refractivity contribution in [3.8, 4) is 11.4 Å². The highest BCUT2D eigenvalue weighted by Gasteiger charge is 2.08. The van der Waals surface area contributed by atoms with Crippen molar-refractivity contribution in [2.45, 2.75) is 6.92 Å². The second-order valence-corrected chi connectivity index (χ2v) is 3.91. The molecule has 0 aliphatic heterocycles. The van der Waals surface area contributed by atoms with Gasteiger partial charge in [0.15, 0.2) is 11.5 Å². The largest absolute Gasteiger partial charge is 0.396 e. The molecule has 5 heteroatoms. The third kappa shape index (κ3) is 1.61. The molecular formula is C12H11N5. The van der Waals surface area contributed by atoms with Gasteiger partial charge in [0.2, 0.25) is 0 Å². The van der Waals surface area contributed by atoms with E-state index in [2.05, 4.69) is 15.1 Å². The predicted octanol–water partition coefficient (Wildman–Crippen LogP) is 1.68. The quantitative estimate of drug-likeness (QED) is 0.684. The summed E-state index contributed by atoms with van der Waals surface area (Å²) in [5, 5.41) is 4.40.